The molecule has 4 nitrogen and oxygen atoms in total. The Hall–Kier alpha value is -1.58. The van der Waals surface area contributed by atoms with Gasteiger partial charge in [-0.1, -0.05) is 18.2 Å². The third-order valence-corrected chi connectivity index (χ3v) is 3.78. The van der Waals surface area contributed by atoms with Gasteiger partial charge in [-0.2, -0.15) is 0 Å². The van der Waals surface area contributed by atoms with Crippen molar-refractivity contribution in [2.45, 2.75) is 31.8 Å². The van der Waals surface area contributed by atoms with Crippen LogP contribution in [0.5, 0.6) is 0 Å². The molecule has 1 aliphatic heterocycles. The average molecular weight is 250 g/mol. The Morgan fingerprint density at radius 2 is 2.22 bits per heavy atom. The molecule has 0 aromatic rings. The molecule has 0 aromatic carbocycles. The van der Waals surface area contributed by atoms with Gasteiger partial charge in [-0.3, -0.25) is 9.59 Å². The molecule has 0 bridgehead atoms. The molecule has 98 valence electrons. The molecule has 0 unspecified atom stereocenters. The normalized spacial score (nSPS) is 33.9. The number of rotatable bonds is 5. The maximum absolute atomic E-state index is 11.4. The molecule has 4 atom stereocenters. The van der Waals surface area contributed by atoms with Crippen molar-refractivity contribution >= 4 is 11.9 Å². The summed E-state index contributed by atoms with van der Waals surface area (Å²) in [6.45, 7) is 3.69. The van der Waals surface area contributed by atoms with Gasteiger partial charge in [0.15, 0.2) is 0 Å². The first-order chi connectivity index (χ1) is 8.61. The van der Waals surface area contributed by atoms with Gasteiger partial charge in [0.25, 0.3) is 0 Å². The summed E-state index contributed by atoms with van der Waals surface area (Å²) in [5.74, 6) is -0.892. The second kappa shape index (κ2) is 5.38. The van der Waals surface area contributed by atoms with E-state index in [1.807, 2.05) is 18.2 Å². The van der Waals surface area contributed by atoms with Crippen LogP contribution in [0.3, 0.4) is 0 Å². The van der Waals surface area contributed by atoms with Gasteiger partial charge in [-0.15, -0.1) is 6.58 Å². The summed E-state index contributed by atoms with van der Waals surface area (Å²) in [6.07, 6.45) is 7.85. The quantitative estimate of drug-likeness (QED) is 0.600. The lowest BCUT2D eigenvalue weighted by Gasteiger charge is -2.32. The van der Waals surface area contributed by atoms with E-state index in [-0.39, 0.29) is 36.2 Å². The van der Waals surface area contributed by atoms with Gasteiger partial charge >= 0.3 is 11.9 Å². The fraction of sp³-hybridized carbons (Fsp3) is 0.571. The van der Waals surface area contributed by atoms with Crippen molar-refractivity contribution in [2.24, 2.45) is 17.8 Å². The summed E-state index contributed by atoms with van der Waals surface area (Å²) in [7, 11) is 0. The van der Waals surface area contributed by atoms with Crippen LogP contribution in [0.4, 0.5) is 0 Å². The number of carbonyl (C=O) groups excluding carboxylic acids is 1. The van der Waals surface area contributed by atoms with Crippen molar-refractivity contribution in [1.82, 2.24) is 0 Å². The van der Waals surface area contributed by atoms with Gasteiger partial charge in [0.05, 0.1) is 12.8 Å². The van der Waals surface area contributed by atoms with Crippen LogP contribution in [-0.4, -0.2) is 23.1 Å². The number of hydrogen-bond donors (Lipinski definition) is 1. The maximum Gasteiger partial charge on any atom is 0.306 e. The molecule has 1 heterocycles. The van der Waals surface area contributed by atoms with Crippen LogP contribution in [0, 0.1) is 17.8 Å². The molecule has 18 heavy (non-hydrogen) atoms. The number of ether oxygens (including phenoxy) is 1. The van der Waals surface area contributed by atoms with Crippen molar-refractivity contribution < 1.29 is 19.4 Å². The average Bonchev–Trinajstić information content (AvgIpc) is 2.69. The van der Waals surface area contributed by atoms with Crippen LogP contribution >= 0.6 is 0 Å². The molecular formula is C14H18O4. The number of carbonyl (C=O) groups is 2. The first-order valence-corrected chi connectivity index (χ1v) is 6.32. The molecule has 0 radical (unpaired) electrons. The highest BCUT2D eigenvalue weighted by Gasteiger charge is 2.45. The van der Waals surface area contributed by atoms with Gasteiger partial charge in [0.2, 0.25) is 0 Å². The molecule has 0 spiro atoms. The van der Waals surface area contributed by atoms with Crippen LogP contribution < -0.4 is 0 Å². The number of carboxylic acids is 1. The lowest BCUT2D eigenvalue weighted by atomic mass is 9.74. The minimum atomic E-state index is -0.827. The Balaban J connectivity index is 2.11. The van der Waals surface area contributed by atoms with Gasteiger partial charge in [0.1, 0.15) is 6.10 Å². The van der Waals surface area contributed by atoms with E-state index in [2.05, 4.69) is 6.58 Å². The van der Waals surface area contributed by atoms with E-state index in [4.69, 9.17) is 9.84 Å². The SMILES string of the molecule is C=CCC[C@H]1C=C[C@H](CC(=O)O)[C@@H]2CC(=O)O[C@@H]21. The fourth-order valence-corrected chi connectivity index (χ4v) is 2.93. The van der Waals surface area contributed by atoms with Crippen molar-refractivity contribution in [3.05, 3.63) is 24.8 Å². The van der Waals surface area contributed by atoms with E-state index in [0.717, 1.165) is 12.8 Å². The third-order valence-electron chi connectivity index (χ3n) is 3.78. The highest BCUT2D eigenvalue weighted by molar-refractivity contribution is 5.73. The van der Waals surface area contributed by atoms with E-state index in [1.54, 1.807) is 0 Å². The van der Waals surface area contributed by atoms with Crippen molar-refractivity contribution in [2.75, 3.05) is 0 Å². The fourth-order valence-electron chi connectivity index (χ4n) is 2.93. The van der Waals surface area contributed by atoms with Crippen molar-refractivity contribution in [3.63, 3.8) is 0 Å². The minimum Gasteiger partial charge on any atom is -0.481 e. The van der Waals surface area contributed by atoms with E-state index in [9.17, 15) is 9.59 Å². The standard InChI is InChI=1S/C14H18O4/c1-2-3-4-9-5-6-10(7-12(15)16)11-8-13(17)18-14(9)11/h2,5-6,9-11,14H,1,3-4,7-8H2,(H,15,16)/t9-,10+,11-,14+/m0/s1. The number of hydrogen-bond acceptors (Lipinski definition) is 3. The Bertz CT molecular complexity index is 385. The maximum atomic E-state index is 11.4. The summed E-state index contributed by atoms with van der Waals surface area (Å²) >= 11 is 0. The molecule has 2 aliphatic rings. The third kappa shape index (κ3) is 2.63. The first kappa shape index (κ1) is 12.9. The van der Waals surface area contributed by atoms with Crippen molar-refractivity contribution in [3.8, 4) is 0 Å². The zero-order chi connectivity index (χ0) is 13.1. The molecule has 4 heteroatoms. The summed E-state index contributed by atoms with van der Waals surface area (Å²) < 4.78 is 5.37. The first-order valence-electron chi connectivity index (χ1n) is 6.32. The molecule has 1 N–H and O–H groups in total. The molecule has 2 rings (SSSR count). The van der Waals surface area contributed by atoms with Crippen molar-refractivity contribution in [1.29, 1.82) is 0 Å². The number of carboxylic acid groups (broad SMARTS) is 1. The highest BCUT2D eigenvalue weighted by atomic mass is 16.6. The summed E-state index contributed by atoms with van der Waals surface area (Å²) in [5, 5.41) is 8.89. The van der Waals surface area contributed by atoms with Gasteiger partial charge < -0.3 is 9.84 Å². The molecule has 1 aliphatic carbocycles. The van der Waals surface area contributed by atoms with Gasteiger partial charge in [-0.25, -0.2) is 0 Å². The van der Waals surface area contributed by atoms with Crippen LogP contribution in [0.25, 0.3) is 0 Å². The number of allylic oxidation sites excluding steroid dienone is 2. The van der Waals surface area contributed by atoms with Crippen LogP contribution in [0.1, 0.15) is 25.7 Å². The van der Waals surface area contributed by atoms with E-state index < -0.39 is 5.97 Å². The summed E-state index contributed by atoms with van der Waals surface area (Å²) in [6, 6.07) is 0. The Labute approximate surface area is 106 Å². The second-order valence-corrected chi connectivity index (χ2v) is 5.00. The van der Waals surface area contributed by atoms with Crippen LogP contribution in [0.15, 0.2) is 24.8 Å². The van der Waals surface area contributed by atoms with Crippen LogP contribution in [0.2, 0.25) is 0 Å². The molecule has 1 fully saturated rings. The zero-order valence-electron chi connectivity index (χ0n) is 10.2. The largest absolute Gasteiger partial charge is 0.481 e. The second-order valence-electron chi connectivity index (χ2n) is 5.00. The van der Waals surface area contributed by atoms with E-state index >= 15 is 0 Å². The summed E-state index contributed by atoms with van der Waals surface area (Å²) in [5.41, 5.74) is 0. The predicted octanol–water partition coefficient (Wildman–Crippen LogP) is 2.16. The van der Waals surface area contributed by atoms with Gasteiger partial charge in [-0.05, 0) is 18.8 Å². The minimum absolute atomic E-state index is 0.0217. The molecule has 0 aromatic heterocycles. The monoisotopic (exact) mass is 250 g/mol. The molecule has 1 saturated heterocycles. The number of fused-ring (bicyclic) bond motifs is 1. The molecule has 0 saturated carbocycles. The Morgan fingerprint density at radius 3 is 2.89 bits per heavy atom. The highest BCUT2D eigenvalue weighted by Crippen LogP contribution is 2.41. The number of esters is 1. The molecular weight excluding hydrogens is 232 g/mol. The van der Waals surface area contributed by atoms with E-state index in [1.165, 1.54) is 0 Å². The Kier molecular flexibility index (Phi) is 3.84. The predicted molar refractivity (Wildman–Crippen MR) is 65.8 cm³/mol. The lowest BCUT2D eigenvalue weighted by molar-refractivity contribution is -0.143. The van der Waals surface area contributed by atoms with Gasteiger partial charge in [0, 0.05) is 11.8 Å². The van der Waals surface area contributed by atoms with E-state index in [0.29, 0.717) is 6.42 Å². The van der Waals surface area contributed by atoms with Crippen LogP contribution in [-0.2, 0) is 14.3 Å². The number of aliphatic carboxylic acids is 1. The molecule has 0 amide bonds. The smallest absolute Gasteiger partial charge is 0.306 e. The topological polar surface area (TPSA) is 63.6 Å². The summed E-state index contributed by atoms with van der Waals surface area (Å²) in [4.78, 5) is 22.3. The zero-order valence-corrected chi connectivity index (χ0v) is 10.2. The Morgan fingerprint density at radius 1 is 1.50 bits per heavy atom. The lowest BCUT2D eigenvalue weighted by Crippen LogP contribution is -2.34.